The van der Waals surface area contributed by atoms with Crippen molar-refractivity contribution in [3.05, 3.63) is 28.7 Å². The molecule has 0 N–H and O–H groups in total. The minimum Gasteiger partial charge on any atom is -0.341 e. The van der Waals surface area contributed by atoms with E-state index in [-0.39, 0.29) is 17.3 Å². The molecule has 0 saturated carbocycles. The van der Waals surface area contributed by atoms with Crippen molar-refractivity contribution in [2.24, 2.45) is 11.8 Å². The Morgan fingerprint density at radius 3 is 2.04 bits per heavy atom. The summed E-state index contributed by atoms with van der Waals surface area (Å²) in [6, 6.07) is 2.44. The van der Waals surface area contributed by atoms with Gasteiger partial charge in [-0.05, 0) is 17.9 Å². The quantitative estimate of drug-likeness (QED) is 0.689. The van der Waals surface area contributed by atoms with Crippen LogP contribution in [-0.4, -0.2) is 55.3 Å². The molecule has 0 aliphatic carbocycles. The summed E-state index contributed by atoms with van der Waals surface area (Å²) < 4.78 is 26.7. The normalized spacial score (nSPS) is 12.2. The monoisotopic (exact) mass is 371 g/mol. The summed E-state index contributed by atoms with van der Waals surface area (Å²) in [5.41, 5.74) is -0.403. The smallest absolute Gasteiger partial charge is 0.251 e. The van der Waals surface area contributed by atoms with Crippen molar-refractivity contribution < 1.29 is 13.2 Å². The molecule has 0 saturated heterocycles. The Bertz CT molecular complexity index is 741. The zero-order valence-corrected chi connectivity index (χ0v) is 16.7. The molecule has 1 amide bonds. The molecule has 1 aromatic heterocycles. The van der Waals surface area contributed by atoms with Crippen molar-refractivity contribution in [3.63, 3.8) is 0 Å². The molecule has 0 radical (unpaired) electrons. The SMILES string of the molecule is CC(C)CN(CC(C)C)C(=O)Cn1cc(S(=O)(=O)N(C)C)ccc1=O. The van der Waals surface area contributed by atoms with Gasteiger partial charge in [0, 0.05) is 39.4 Å². The molecule has 0 atom stereocenters. The summed E-state index contributed by atoms with van der Waals surface area (Å²) in [6.07, 6.45) is 1.23. The number of pyridine rings is 1. The molecule has 1 heterocycles. The van der Waals surface area contributed by atoms with Crippen LogP contribution in [0.4, 0.5) is 0 Å². The molecule has 0 fully saturated rings. The molecular weight excluding hydrogens is 342 g/mol. The summed E-state index contributed by atoms with van der Waals surface area (Å²) in [4.78, 5) is 26.4. The summed E-state index contributed by atoms with van der Waals surface area (Å²) in [5.74, 6) is 0.420. The third-order valence-corrected chi connectivity index (χ3v) is 5.36. The number of sulfonamides is 1. The van der Waals surface area contributed by atoms with Gasteiger partial charge >= 0.3 is 0 Å². The average Bonchev–Trinajstić information content (AvgIpc) is 2.47. The van der Waals surface area contributed by atoms with Gasteiger partial charge in [0.25, 0.3) is 5.56 Å². The number of aromatic nitrogens is 1. The number of carbonyl (C=O) groups excluding carboxylic acids is 1. The number of rotatable bonds is 8. The molecule has 142 valence electrons. The molecule has 8 heteroatoms. The van der Waals surface area contributed by atoms with E-state index in [2.05, 4.69) is 0 Å². The van der Waals surface area contributed by atoms with Gasteiger partial charge in [0.15, 0.2) is 0 Å². The summed E-state index contributed by atoms with van der Waals surface area (Å²) in [6.45, 7) is 9.13. The highest BCUT2D eigenvalue weighted by Crippen LogP contribution is 2.11. The Kier molecular flexibility index (Phi) is 7.37. The largest absolute Gasteiger partial charge is 0.341 e. The Labute approximate surface area is 150 Å². The van der Waals surface area contributed by atoms with Crippen molar-refractivity contribution in [3.8, 4) is 0 Å². The maximum Gasteiger partial charge on any atom is 0.251 e. The molecule has 0 spiro atoms. The minimum atomic E-state index is -3.66. The molecule has 0 aromatic carbocycles. The van der Waals surface area contributed by atoms with Crippen molar-refractivity contribution in [1.29, 1.82) is 0 Å². The first-order valence-electron chi connectivity index (χ1n) is 8.36. The van der Waals surface area contributed by atoms with E-state index >= 15 is 0 Å². The summed E-state index contributed by atoms with van der Waals surface area (Å²) >= 11 is 0. The van der Waals surface area contributed by atoms with Gasteiger partial charge in [0.05, 0.1) is 4.90 Å². The van der Waals surface area contributed by atoms with E-state index in [1.807, 2.05) is 27.7 Å². The maximum atomic E-state index is 12.6. The molecule has 0 bridgehead atoms. The van der Waals surface area contributed by atoms with Gasteiger partial charge in [0.1, 0.15) is 6.54 Å². The highest BCUT2D eigenvalue weighted by Gasteiger charge is 2.21. The van der Waals surface area contributed by atoms with Crippen LogP contribution in [0.3, 0.4) is 0 Å². The number of hydrogen-bond donors (Lipinski definition) is 0. The molecule has 7 nitrogen and oxygen atoms in total. The average molecular weight is 372 g/mol. The fraction of sp³-hybridized carbons (Fsp3) is 0.647. The van der Waals surface area contributed by atoms with E-state index in [9.17, 15) is 18.0 Å². The third-order valence-electron chi connectivity index (χ3n) is 3.56. The lowest BCUT2D eigenvalue weighted by Gasteiger charge is -2.26. The second-order valence-corrected chi connectivity index (χ2v) is 9.36. The van der Waals surface area contributed by atoms with Gasteiger partial charge in [-0.15, -0.1) is 0 Å². The minimum absolute atomic E-state index is 0.0100. The topological polar surface area (TPSA) is 79.7 Å². The fourth-order valence-corrected chi connectivity index (χ4v) is 3.32. The Hall–Kier alpha value is -1.67. The van der Waals surface area contributed by atoms with Crippen LogP contribution in [0, 0.1) is 11.8 Å². The number of nitrogens with zero attached hydrogens (tertiary/aromatic N) is 3. The molecule has 1 rings (SSSR count). The van der Waals surface area contributed by atoms with Crippen LogP contribution in [-0.2, 0) is 21.4 Å². The number of hydrogen-bond acceptors (Lipinski definition) is 4. The zero-order valence-electron chi connectivity index (χ0n) is 15.9. The zero-order chi connectivity index (χ0) is 19.4. The van der Waals surface area contributed by atoms with Crippen LogP contribution in [0.5, 0.6) is 0 Å². The van der Waals surface area contributed by atoms with E-state index in [1.165, 1.54) is 32.4 Å². The van der Waals surface area contributed by atoms with Crippen LogP contribution in [0.25, 0.3) is 0 Å². The first-order chi connectivity index (χ1) is 11.4. The fourth-order valence-electron chi connectivity index (χ4n) is 2.40. The molecular formula is C17H29N3O4S. The van der Waals surface area contributed by atoms with Crippen molar-refractivity contribution in [1.82, 2.24) is 13.8 Å². The molecule has 0 unspecified atom stereocenters. The van der Waals surface area contributed by atoms with E-state index < -0.39 is 15.6 Å². The van der Waals surface area contributed by atoms with Crippen LogP contribution < -0.4 is 5.56 Å². The van der Waals surface area contributed by atoms with E-state index in [0.717, 1.165) is 8.87 Å². The first kappa shape index (κ1) is 21.4. The van der Waals surface area contributed by atoms with Crippen LogP contribution in [0.15, 0.2) is 28.0 Å². The highest BCUT2D eigenvalue weighted by molar-refractivity contribution is 7.89. The highest BCUT2D eigenvalue weighted by atomic mass is 32.2. The van der Waals surface area contributed by atoms with Gasteiger partial charge in [-0.2, -0.15) is 0 Å². The molecule has 0 aliphatic rings. The Morgan fingerprint density at radius 1 is 1.08 bits per heavy atom. The predicted octanol–water partition coefficient (Wildman–Crippen LogP) is 1.24. The molecule has 25 heavy (non-hydrogen) atoms. The Balaban J connectivity index is 3.12. The van der Waals surface area contributed by atoms with E-state index in [0.29, 0.717) is 24.9 Å². The summed E-state index contributed by atoms with van der Waals surface area (Å²) in [7, 11) is -0.822. The van der Waals surface area contributed by atoms with Crippen molar-refractivity contribution in [2.45, 2.75) is 39.1 Å². The predicted molar refractivity (Wildman–Crippen MR) is 97.8 cm³/mol. The lowest BCUT2D eigenvalue weighted by molar-refractivity contribution is -0.133. The standard InChI is InChI=1S/C17H29N3O4S/c1-13(2)9-19(10-14(3)4)17(22)12-20-11-15(7-8-16(20)21)25(23,24)18(5)6/h7-8,11,13-14H,9-10,12H2,1-6H3. The van der Waals surface area contributed by atoms with Crippen molar-refractivity contribution >= 4 is 15.9 Å². The van der Waals surface area contributed by atoms with E-state index in [4.69, 9.17) is 0 Å². The molecule has 1 aromatic rings. The lowest BCUT2D eigenvalue weighted by atomic mass is 10.1. The van der Waals surface area contributed by atoms with Gasteiger partial charge < -0.3 is 9.47 Å². The maximum absolute atomic E-state index is 12.6. The van der Waals surface area contributed by atoms with Gasteiger partial charge in [-0.25, -0.2) is 12.7 Å². The number of amides is 1. The van der Waals surface area contributed by atoms with Crippen LogP contribution in [0.1, 0.15) is 27.7 Å². The van der Waals surface area contributed by atoms with E-state index in [1.54, 1.807) is 4.90 Å². The van der Waals surface area contributed by atoms with Crippen molar-refractivity contribution in [2.75, 3.05) is 27.2 Å². The molecule has 0 aliphatic heterocycles. The van der Waals surface area contributed by atoms with Gasteiger partial charge in [0.2, 0.25) is 15.9 Å². The first-order valence-corrected chi connectivity index (χ1v) is 9.80. The third kappa shape index (κ3) is 5.97. The van der Waals surface area contributed by atoms with Crippen LogP contribution in [0.2, 0.25) is 0 Å². The van der Waals surface area contributed by atoms with Gasteiger partial charge in [-0.3, -0.25) is 9.59 Å². The Morgan fingerprint density at radius 2 is 1.60 bits per heavy atom. The summed E-state index contributed by atoms with van der Waals surface area (Å²) in [5, 5.41) is 0. The second kappa shape index (κ2) is 8.62. The van der Waals surface area contributed by atoms with Gasteiger partial charge in [-0.1, -0.05) is 27.7 Å². The second-order valence-electron chi connectivity index (χ2n) is 7.20. The van der Waals surface area contributed by atoms with Crippen LogP contribution >= 0.6 is 0 Å². The lowest BCUT2D eigenvalue weighted by Crippen LogP contribution is -2.40. The number of carbonyl (C=O) groups is 1.